The van der Waals surface area contributed by atoms with Crippen LogP contribution in [0.5, 0.6) is 0 Å². The highest BCUT2D eigenvalue weighted by atomic mass is 35.5. The van der Waals surface area contributed by atoms with Gasteiger partial charge in [0.2, 0.25) is 0 Å². The second-order valence-corrected chi connectivity index (χ2v) is 4.96. The van der Waals surface area contributed by atoms with E-state index < -0.39 is 5.97 Å². The number of anilines is 1. The van der Waals surface area contributed by atoms with Gasteiger partial charge in [-0.1, -0.05) is 11.6 Å². The van der Waals surface area contributed by atoms with Gasteiger partial charge in [0.1, 0.15) is 5.15 Å². The molecule has 1 heterocycles. The molecule has 0 radical (unpaired) electrons. The molecule has 1 aromatic heterocycles. The lowest BCUT2D eigenvalue weighted by Crippen LogP contribution is -2.31. The Labute approximate surface area is 104 Å². The quantitative estimate of drug-likeness (QED) is 0.857. The number of carboxylic acids is 1. The third kappa shape index (κ3) is 3.98. The molecule has 0 unspecified atom stereocenters. The summed E-state index contributed by atoms with van der Waals surface area (Å²) in [5.74, 6) is -0.763. The summed E-state index contributed by atoms with van der Waals surface area (Å²) in [5.41, 5.74) is 0. The average Bonchev–Trinajstić information content (AvgIpc) is 2.58. The third-order valence-corrected chi connectivity index (χ3v) is 3.32. The lowest BCUT2D eigenvalue weighted by molar-refractivity contribution is -0.137. The molecule has 0 atom stereocenters. The molecule has 0 fully saturated rings. The third-order valence-electron chi connectivity index (χ3n) is 2.12. The Morgan fingerprint density at radius 2 is 2.38 bits per heavy atom. The molecule has 0 saturated carbocycles. The highest BCUT2D eigenvalue weighted by Gasteiger charge is 2.14. The number of halogens is 1. The first-order valence-corrected chi connectivity index (χ1v) is 6.36. The molecule has 90 valence electrons. The molecule has 4 nitrogen and oxygen atoms in total. The second kappa shape index (κ2) is 6.06. The molecular weight excluding hydrogens is 248 g/mol. The van der Waals surface area contributed by atoms with Crippen LogP contribution in [0.15, 0.2) is 5.38 Å². The number of aliphatic carboxylic acids is 1. The Bertz CT molecular complexity index is 354. The van der Waals surface area contributed by atoms with Gasteiger partial charge < -0.3 is 10.0 Å². The molecular formula is C10H15ClN2O2S. The molecule has 1 rings (SSSR count). The maximum atomic E-state index is 10.4. The van der Waals surface area contributed by atoms with Crippen LogP contribution in [0.1, 0.15) is 26.7 Å². The van der Waals surface area contributed by atoms with E-state index in [0.717, 1.165) is 5.13 Å². The summed E-state index contributed by atoms with van der Waals surface area (Å²) in [7, 11) is 0. The highest BCUT2D eigenvalue weighted by molar-refractivity contribution is 7.14. The monoisotopic (exact) mass is 262 g/mol. The van der Waals surface area contributed by atoms with Gasteiger partial charge in [-0.3, -0.25) is 4.79 Å². The van der Waals surface area contributed by atoms with Gasteiger partial charge in [0.25, 0.3) is 0 Å². The van der Waals surface area contributed by atoms with Crippen LogP contribution in [-0.4, -0.2) is 28.6 Å². The molecule has 1 aromatic rings. The van der Waals surface area contributed by atoms with Gasteiger partial charge in [0.05, 0.1) is 0 Å². The number of aromatic nitrogens is 1. The van der Waals surface area contributed by atoms with Crippen LogP contribution < -0.4 is 4.90 Å². The number of rotatable bonds is 6. The van der Waals surface area contributed by atoms with Crippen molar-refractivity contribution in [2.24, 2.45) is 0 Å². The highest BCUT2D eigenvalue weighted by Crippen LogP contribution is 2.25. The predicted molar refractivity (Wildman–Crippen MR) is 66.5 cm³/mol. The zero-order chi connectivity index (χ0) is 12.1. The number of nitrogens with zero attached hydrogens (tertiary/aromatic N) is 2. The van der Waals surface area contributed by atoms with E-state index in [1.807, 2.05) is 0 Å². The predicted octanol–water partition coefficient (Wildman–Crippen LogP) is 2.88. The smallest absolute Gasteiger partial charge is 0.303 e. The Kier molecular flexibility index (Phi) is 5.02. The van der Waals surface area contributed by atoms with E-state index in [1.165, 1.54) is 11.3 Å². The zero-order valence-electron chi connectivity index (χ0n) is 9.31. The van der Waals surface area contributed by atoms with Gasteiger partial charge in [0.15, 0.2) is 5.13 Å². The van der Waals surface area contributed by atoms with Crippen molar-refractivity contribution < 1.29 is 9.90 Å². The normalized spacial score (nSPS) is 10.8. The topological polar surface area (TPSA) is 53.4 Å². The number of carboxylic acid groups (broad SMARTS) is 1. The first-order valence-electron chi connectivity index (χ1n) is 5.10. The fourth-order valence-electron chi connectivity index (χ4n) is 1.35. The van der Waals surface area contributed by atoms with Gasteiger partial charge in [-0.15, -0.1) is 11.3 Å². The number of thiazole rings is 1. The minimum Gasteiger partial charge on any atom is -0.481 e. The minimum atomic E-state index is -0.763. The van der Waals surface area contributed by atoms with E-state index in [0.29, 0.717) is 18.1 Å². The lowest BCUT2D eigenvalue weighted by atomic mass is 10.2. The summed E-state index contributed by atoms with van der Waals surface area (Å²) in [6.45, 7) is 4.79. The van der Waals surface area contributed by atoms with Gasteiger partial charge in [0, 0.05) is 24.4 Å². The van der Waals surface area contributed by atoms with E-state index in [9.17, 15) is 4.79 Å². The lowest BCUT2D eigenvalue weighted by Gasteiger charge is -2.25. The summed E-state index contributed by atoms with van der Waals surface area (Å²) in [5, 5.41) is 11.7. The maximum absolute atomic E-state index is 10.4. The van der Waals surface area contributed by atoms with Gasteiger partial charge in [-0.25, -0.2) is 4.98 Å². The van der Waals surface area contributed by atoms with Crippen molar-refractivity contribution in [3.05, 3.63) is 10.5 Å². The van der Waals surface area contributed by atoms with Crippen LogP contribution in [0.4, 0.5) is 5.13 Å². The van der Waals surface area contributed by atoms with Crippen molar-refractivity contribution in [2.75, 3.05) is 11.4 Å². The minimum absolute atomic E-state index is 0.183. The molecule has 0 saturated heterocycles. The summed E-state index contributed by atoms with van der Waals surface area (Å²) < 4.78 is 0. The van der Waals surface area contributed by atoms with Gasteiger partial charge in [-0.2, -0.15) is 0 Å². The zero-order valence-corrected chi connectivity index (χ0v) is 10.9. The van der Waals surface area contributed by atoms with Crippen LogP contribution in [0.3, 0.4) is 0 Å². The molecule has 0 aliphatic carbocycles. The molecule has 0 spiro atoms. The fourth-order valence-corrected chi connectivity index (χ4v) is 2.46. The molecule has 0 amide bonds. The van der Waals surface area contributed by atoms with Gasteiger partial charge >= 0.3 is 5.97 Å². The molecule has 0 aliphatic rings. The van der Waals surface area contributed by atoms with Crippen LogP contribution >= 0.6 is 22.9 Å². The van der Waals surface area contributed by atoms with Crippen molar-refractivity contribution in [3.8, 4) is 0 Å². The van der Waals surface area contributed by atoms with Crippen LogP contribution in [0.25, 0.3) is 0 Å². The van der Waals surface area contributed by atoms with Crippen molar-refractivity contribution >= 4 is 34.0 Å². The number of carbonyl (C=O) groups is 1. The Hall–Kier alpha value is -0.810. The van der Waals surface area contributed by atoms with E-state index in [-0.39, 0.29) is 12.5 Å². The van der Waals surface area contributed by atoms with E-state index in [1.54, 1.807) is 5.38 Å². The average molecular weight is 263 g/mol. The molecule has 1 N–H and O–H groups in total. The summed E-state index contributed by atoms with van der Waals surface area (Å²) in [4.78, 5) is 16.7. The van der Waals surface area contributed by atoms with Crippen LogP contribution in [-0.2, 0) is 4.79 Å². The Morgan fingerprint density at radius 3 is 2.81 bits per heavy atom. The first-order chi connectivity index (χ1) is 7.50. The largest absolute Gasteiger partial charge is 0.481 e. The van der Waals surface area contributed by atoms with Crippen molar-refractivity contribution in [1.29, 1.82) is 0 Å². The van der Waals surface area contributed by atoms with E-state index >= 15 is 0 Å². The molecule has 0 bridgehead atoms. The molecule has 6 heteroatoms. The molecule has 0 aromatic carbocycles. The van der Waals surface area contributed by atoms with E-state index in [4.69, 9.17) is 16.7 Å². The number of hydrogen-bond donors (Lipinski definition) is 1. The summed E-state index contributed by atoms with van der Waals surface area (Å²) in [6, 6.07) is 0.288. The standard InChI is InChI=1S/C10H15ClN2O2S/c1-7(2)13(5-3-4-9(14)15)10-12-8(11)6-16-10/h6-7H,3-5H2,1-2H3,(H,14,15). The molecule has 0 aliphatic heterocycles. The summed E-state index contributed by atoms with van der Waals surface area (Å²) >= 11 is 7.25. The number of hydrogen-bond acceptors (Lipinski definition) is 4. The molecule has 16 heavy (non-hydrogen) atoms. The van der Waals surface area contributed by atoms with E-state index in [2.05, 4.69) is 23.7 Å². The van der Waals surface area contributed by atoms with Crippen molar-refractivity contribution in [2.45, 2.75) is 32.7 Å². The maximum Gasteiger partial charge on any atom is 0.303 e. The Morgan fingerprint density at radius 1 is 1.69 bits per heavy atom. The van der Waals surface area contributed by atoms with Crippen molar-refractivity contribution in [1.82, 2.24) is 4.98 Å². The fraction of sp³-hybridized carbons (Fsp3) is 0.600. The Balaban J connectivity index is 2.58. The first kappa shape index (κ1) is 13.3. The second-order valence-electron chi connectivity index (χ2n) is 3.74. The SMILES string of the molecule is CC(C)N(CCCC(=O)O)c1nc(Cl)cs1. The summed E-state index contributed by atoms with van der Waals surface area (Å²) in [6.07, 6.45) is 0.799. The van der Waals surface area contributed by atoms with Crippen LogP contribution in [0.2, 0.25) is 5.15 Å². The van der Waals surface area contributed by atoms with Gasteiger partial charge in [-0.05, 0) is 20.3 Å². The van der Waals surface area contributed by atoms with Crippen molar-refractivity contribution in [3.63, 3.8) is 0 Å². The van der Waals surface area contributed by atoms with Crippen LogP contribution in [0, 0.1) is 0 Å².